The van der Waals surface area contributed by atoms with Gasteiger partial charge in [0.25, 0.3) is 0 Å². The molecule has 0 bridgehead atoms. The van der Waals surface area contributed by atoms with E-state index in [9.17, 15) is 18.0 Å². The van der Waals surface area contributed by atoms with Crippen LogP contribution in [0.5, 0.6) is 0 Å². The predicted octanol–water partition coefficient (Wildman–Crippen LogP) is 2.52. The van der Waals surface area contributed by atoms with Crippen molar-refractivity contribution in [1.82, 2.24) is 19.8 Å². The molecular weight excluding hydrogens is 427 g/mol. The molecule has 2 atom stereocenters. The highest BCUT2D eigenvalue weighted by molar-refractivity contribution is 5.85. The van der Waals surface area contributed by atoms with Gasteiger partial charge in [-0.25, -0.2) is 14.8 Å². The van der Waals surface area contributed by atoms with Crippen LogP contribution in [-0.4, -0.2) is 89.2 Å². The molecule has 11 heteroatoms. The van der Waals surface area contributed by atoms with Gasteiger partial charge in [-0.3, -0.25) is 4.79 Å². The first-order valence-corrected chi connectivity index (χ1v) is 10.7. The Morgan fingerprint density at radius 2 is 1.88 bits per heavy atom. The number of nitrogens with zero attached hydrogens (tertiary/aromatic N) is 5. The molecule has 0 aliphatic carbocycles. The molecule has 1 amide bonds. The molecule has 3 rings (SSSR count). The number of piperidine rings is 1. The summed E-state index contributed by atoms with van der Waals surface area (Å²) in [5.41, 5.74) is -0.335. The fraction of sp³-hybridized carbons (Fsp3) is 0.714. The number of carboxylic acids is 1. The molecule has 0 aromatic carbocycles. The summed E-state index contributed by atoms with van der Waals surface area (Å²) >= 11 is 0. The molecule has 2 aliphatic rings. The van der Waals surface area contributed by atoms with E-state index in [0.29, 0.717) is 5.92 Å². The molecule has 2 aliphatic heterocycles. The maximum atomic E-state index is 13.2. The van der Waals surface area contributed by atoms with Gasteiger partial charge in [0, 0.05) is 46.1 Å². The van der Waals surface area contributed by atoms with E-state index >= 15 is 0 Å². The van der Waals surface area contributed by atoms with Crippen molar-refractivity contribution in [2.24, 2.45) is 11.3 Å². The van der Waals surface area contributed by atoms with Gasteiger partial charge in [0.1, 0.15) is 0 Å². The normalized spacial score (nSPS) is 23.4. The molecule has 2 fully saturated rings. The molecule has 0 radical (unpaired) electrons. The number of aliphatic carboxylic acids is 1. The Hall–Kier alpha value is -2.43. The van der Waals surface area contributed by atoms with E-state index in [-0.39, 0.29) is 17.4 Å². The Bertz CT molecular complexity index is 776. The Kier molecular flexibility index (Phi) is 8.44. The number of aromatic nitrogens is 2. The summed E-state index contributed by atoms with van der Waals surface area (Å²) in [4.78, 5) is 37.6. The monoisotopic (exact) mass is 459 g/mol. The minimum Gasteiger partial charge on any atom is -0.475 e. The second-order valence-electron chi connectivity index (χ2n) is 8.94. The highest BCUT2D eigenvalue weighted by Crippen LogP contribution is 2.44. The van der Waals surface area contributed by atoms with Gasteiger partial charge < -0.3 is 19.8 Å². The number of alkyl halides is 3. The molecule has 2 saturated heterocycles. The Labute approximate surface area is 186 Å². The summed E-state index contributed by atoms with van der Waals surface area (Å²) in [5.74, 6) is -1.07. The number of carbonyl (C=O) groups excluding carboxylic acids is 1. The highest BCUT2D eigenvalue weighted by atomic mass is 19.4. The van der Waals surface area contributed by atoms with Gasteiger partial charge in [-0.2, -0.15) is 13.2 Å². The van der Waals surface area contributed by atoms with Crippen molar-refractivity contribution < 1.29 is 27.9 Å². The summed E-state index contributed by atoms with van der Waals surface area (Å²) in [6.45, 7) is 8.27. The molecule has 32 heavy (non-hydrogen) atoms. The molecule has 1 aromatic heterocycles. The zero-order valence-electron chi connectivity index (χ0n) is 19.0. The summed E-state index contributed by atoms with van der Waals surface area (Å²) in [5, 5.41) is 7.12. The molecule has 1 aromatic rings. The van der Waals surface area contributed by atoms with E-state index in [1.54, 1.807) is 17.3 Å². The number of hydrogen-bond donors (Lipinski definition) is 1. The van der Waals surface area contributed by atoms with E-state index < -0.39 is 12.1 Å². The number of rotatable bonds is 5. The van der Waals surface area contributed by atoms with Crippen LogP contribution in [0.2, 0.25) is 0 Å². The standard InChI is InChI=1S/C19H31N5O.C2HF3O2/c1-15(2)7-12-23-13-16-19(14-23,17(25)22(3)4)8-5-11-24(16)18-20-9-6-10-21-18;3-2(4,5)1(6)7/h6,9-10,15-16H,5,7-8,11-14H2,1-4H3;(H,6,7)/t16-,19-;/m1./s1. The topological polar surface area (TPSA) is 89.9 Å². The van der Waals surface area contributed by atoms with Crippen molar-refractivity contribution in [1.29, 1.82) is 0 Å². The lowest BCUT2D eigenvalue weighted by Crippen LogP contribution is -2.58. The minimum absolute atomic E-state index is 0.158. The smallest absolute Gasteiger partial charge is 0.475 e. The number of likely N-dealkylation sites (tertiary alicyclic amines) is 1. The fourth-order valence-electron chi connectivity index (χ4n) is 4.40. The van der Waals surface area contributed by atoms with E-state index in [0.717, 1.165) is 45.0 Å². The average Bonchev–Trinajstić information content (AvgIpc) is 3.11. The van der Waals surface area contributed by atoms with Gasteiger partial charge in [-0.1, -0.05) is 13.8 Å². The largest absolute Gasteiger partial charge is 0.490 e. The van der Waals surface area contributed by atoms with Crippen molar-refractivity contribution in [3.63, 3.8) is 0 Å². The summed E-state index contributed by atoms with van der Waals surface area (Å²) in [6, 6.07) is 2.00. The third-order valence-electron chi connectivity index (χ3n) is 5.88. The van der Waals surface area contributed by atoms with Crippen molar-refractivity contribution in [2.75, 3.05) is 45.2 Å². The number of halogens is 3. The maximum absolute atomic E-state index is 13.2. The van der Waals surface area contributed by atoms with Gasteiger partial charge in [-0.05, 0) is 37.8 Å². The zero-order valence-corrected chi connectivity index (χ0v) is 19.0. The van der Waals surface area contributed by atoms with Crippen molar-refractivity contribution in [3.8, 4) is 0 Å². The number of carbonyl (C=O) groups is 2. The lowest BCUT2D eigenvalue weighted by molar-refractivity contribution is -0.192. The fourth-order valence-corrected chi connectivity index (χ4v) is 4.40. The third-order valence-corrected chi connectivity index (χ3v) is 5.88. The van der Waals surface area contributed by atoms with E-state index in [2.05, 4.69) is 33.6 Å². The van der Waals surface area contributed by atoms with Crippen LogP contribution in [0.25, 0.3) is 0 Å². The van der Waals surface area contributed by atoms with Gasteiger partial charge in [0.05, 0.1) is 11.5 Å². The minimum atomic E-state index is -5.08. The quantitative estimate of drug-likeness (QED) is 0.724. The van der Waals surface area contributed by atoms with Crippen molar-refractivity contribution >= 4 is 17.8 Å². The first-order chi connectivity index (χ1) is 14.9. The maximum Gasteiger partial charge on any atom is 0.490 e. The van der Waals surface area contributed by atoms with E-state index in [4.69, 9.17) is 9.90 Å². The second kappa shape index (κ2) is 10.5. The van der Waals surface area contributed by atoms with Crippen LogP contribution >= 0.6 is 0 Å². The molecular formula is C21H32F3N5O3. The van der Waals surface area contributed by atoms with Gasteiger partial charge in [0.15, 0.2) is 0 Å². The van der Waals surface area contributed by atoms with Crippen LogP contribution in [0.1, 0.15) is 33.1 Å². The van der Waals surface area contributed by atoms with Gasteiger partial charge in [0.2, 0.25) is 11.9 Å². The molecule has 0 saturated carbocycles. The number of amides is 1. The highest BCUT2D eigenvalue weighted by Gasteiger charge is 2.56. The number of fused-ring (bicyclic) bond motifs is 1. The van der Waals surface area contributed by atoms with Crippen LogP contribution in [0.4, 0.5) is 19.1 Å². The third kappa shape index (κ3) is 6.08. The van der Waals surface area contributed by atoms with Crippen LogP contribution in [0.15, 0.2) is 18.5 Å². The predicted molar refractivity (Wildman–Crippen MR) is 113 cm³/mol. The lowest BCUT2D eigenvalue weighted by atomic mass is 9.74. The summed E-state index contributed by atoms with van der Waals surface area (Å²) < 4.78 is 31.7. The van der Waals surface area contributed by atoms with E-state index in [1.807, 2.05) is 20.2 Å². The molecule has 180 valence electrons. The number of hydrogen-bond acceptors (Lipinski definition) is 6. The van der Waals surface area contributed by atoms with Crippen LogP contribution in [-0.2, 0) is 9.59 Å². The molecule has 0 unspecified atom stereocenters. The van der Waals surface area contributed by atoms with Crippen molar-refractivity contribution in [3.05, 3.63) is 18.5 Å². The Morgan fingerprint density at radius 3 is 2.38 bits per heavy atom. The number of carboxylic acid groups (broad SMARTS) is 1. The summed E-state index contributed by atoms with van der Waals surface area (Å²) in [6.07, 6.45) is 1.62. The molecule has 1 N–H and O–H groups in total. The second-order valence-corrected chi connectivity index (χ2v) is 8.94. The van der Waals surface area contributed by atoms with Gasteiger partial charge in [-0.15, -0.1) is 0 Å². The van der Waals surface area contributed by atoms with Gasteiger partial charge >= 0.3 is 12.1 Å². The molecule has 0 spiro atoms. The summed E-state index contributed by atoms with van der Waals surface area (Å²) in [7, 11) is 3.76. The van der Waals surface area contributed by atoms with E-state index in [1.165, 1.54) is 6.42 Å². The SMILES string of the molecule is CC(C)CCN1C[C@H]2N(c3ncccn3)CCC[C@@]2(C(=O)N(C)C)C1.O=C(O)C(F)(F)F. The molecule has 3 heterocycles. The zero-order chi connectivity index (χ0) is 24.1. The van der Waals surface area contributed by atoms with Crippen LogP contribution in [0, 0.1) is 11.3 Å². The Morgan fingerprint density at radius 1 is 1.28 bits per heavy atom. The average molecular weight is 460 g/mol. The first-order valence-electron chi connectivity index (χ1n) is 10.7. The number of anilines is 1. The van der Waals surface area contributed by atoms with Crippen molar-refractivity contribution in [2.45, 2.75) is 45.3 Å². The lowest BCUT2D eigenvalue weighted by Gasteiger charge is -2.45. The molecule has 8 nitrogen and oxygen atoms in total. The van der Waals surface area contributed by atoms with Crippen LogP contribution < -0.4 is 4.90 Å². The van der Waals surface area contributed by atoms with Crippen LogP contribution in [0.3, 0.4) is 0 Å². The first kappa shape index (κ1) is 25.8. The Balaban J connectivity index is 0.000000451.